The van der Waals surface area contributed by atoms with Crippen molar-refractivity contribution in [1.82, 2.24) is 15.1 Å². The summed E-state index contributed by atoms with van der Waals surface area (Å²) in [5, 5.41) is 3.27. The first-order valence-corrected chi connectivity index (χ1v) is 10.2. The summed E-state index contributed by atoms with van der Waals surface area (Å²) in [5.41, 5.74) is 1.33. The van der Waals surface area contributed by atoms with E-state index in [0.717, 1.165) is 51.4 Å². The molecule has 3 saturated heterocycles. The van der Waals surface area contributed by atoms with E-state index in [1.54, 1.807) is 7.11 Å². The molecule has 0 radical (unpaired) electrons. The van der Waals surface area contributed by atoms with E-state index < -0.39 is 0 Å². The first-order chi connectivity index (χ1) is 13.2. The van der Waals surface area contributed by atoms with Gasteiger partial charge in [-0.15, -0.1) is 0 Å². The molecule has 27 heavy (non-hydrogen) atoms. The number of benzene rings is 1. The number of hydrogen-bond acceptors (Lipinski definition) is 5. The second kappa shape index (κ2) is 8.59. The van der Waals surface area contributed by atoms with E-state index >= 15 is 0 Å². The minimum absolute atomic E-state index is 0.157. The van der Waals surface area contributed by atoms with Crippen LogP contribution in [0.1, 0.15) is 31.2 Å². The predicted octanol–water partition coefficient (Wildman–Crippen LogP) is 1.64. The maximum atomic E-state index is 12.4. The molecular weight excluding hydrogens is 342 g/mol. The zero-order valence-corrected chi connectivity index (χ0v) is 16.2. The van der Waals surface area contributed by atoms with Crippen LogP contribution in [0.15, 0.2) is 24.3 Å². The number of carbonyl (C=O) groups excluding carboxylic acids is 1. The third kappa shape index (κ3) is 4.45. The van der Waals surface area contributed by atoms with Crippen LogP contribution >= 0.6 is 0 Å². The number of nitrogens with zero attached hydrogens (tertiary/aromatic N) is 2. The lowest BCUT2D eigenvalue weighted by Gasteiger charge is -2.43. The van der Waals surface area contributed by atoms with Crippen molar-refractivity contribution in [1.29, 1.82) is 0 Å². The van der Waals surface area contributed by atoms with Crippen molar-refractivity contribution in [3.8, 4) is 5.75 Å². The minimum atomic E-state index is 0.157. The third-order valence-electron chi connectivity index (χ3n) is 6.26. The highest BCUT2D eigenvalue weighted by Crippen LogP contribution is 2.28. The first kappa shape index (κ1) is 18.7. The fraction of sp³-hybridized carbons (Fsp3) is 0.667. The summed E-state index contributed by atoms with van der Waals surface area (Å²) in [6, 6.07) is 9.22. The Morgan fingerprint density at radius 2 is 1.96 bits per heavy atom. The number of rotatable bonds is 5. The van der Waals surface area contributed by atoms with Crippen LogP contribution in [0, 0.1) is 0 Å². The number of methoxy groups -OCH3 is 1. The Morgan fingerprint density at radius 3 is 2.70 bits per heavy atom. The molecule has 0 aromatic heterocycles. The zero-order valence-electron chi connectivity index (χ0n) is 16.2. The highest BCUT2D eigenvalue weighted by Gasteiger charge is 2.38. The van der Waals surface area contributed by atoms with Gasteiger partial charge in [-0.25, -0.2) is 0 Å². The number of amides is 1. The summed E-state index contributed by atoms with van der Waals surface area (Å²) in [7, 11) is 1.70. The molecule has 6 heteroatoms. The van der Waals surface area contributed by atoms with Crippen molar-refractivity contribution in [2.45, 2.75) is 50.4 Å². The summed E-state index contributed by atoms with van der Waals surface area (Å²) < 4.78 is 10.7. The Labute approximate surface area is 161 Å². The number of piperidine rings is 1. The lowest BCUT2D eigenvalue weighted by Crippen LogP contribution is -2.59. The fourth-order valence-corrected chi connectivity index (χ4v) is 4.82. The Bertz CT molecular complexity index is 630. The molecule has 1 aromatic carbocycles. The molecule has 3 fully saturated rings. The maximum absolute atomic E-state index is 12.4. The van der Waals surface area contributed by atoms with Crippen LogP contribution < -0.4 is 10.1 Å². The summed E-state index contributed by atoms with van der Waals surface area (Å²) in [5.74, 6) is 1.09. The molecule has 0 spiro atoms. The SMILES string of the molecule is COc1ccc(C[C@H]2CCCN2C2CC(N3CCOCC3)CC(=O)N2)cc1. The first-order valence-electron chi connectivity index (χ1n) is 10.2. The van der Waals surface area contributed by atoms with E-state index in [-0.39, 0.29) is 12.1 Å². The summed E-state index contributed by atoms with van der Waals surface area (Å²) in [6.07, 6.45) is 5.22. The Balaban J connectivity index is 1.41. The molecule has 0 aliphatic carbocycles. The molecule has 0 saturated carbocycles. The van der Waals surface area contributed by atoms with Gasteiger partial charge in [-0.05, 0) is 43.4 Å². The van der Waals surface area contributed by atoms with E-state index in [9.17, 15) is 4.79 Å². The van der Waals surface area contributed by atoms with Crippen LogP contribution in [0.2, 0.25) is 0 Å². The highest BCUT2D eigenvalue weighted by atomic mass is 16.5. The van der Waals surface area contributed by atoms with E-state index in [1.807, 2.05) is 12.1 Å². The van der Waals surface area contributed by atoms with Crippen molar-refractivity contribution in [3.63, 3.8) is 0 Å². The molecule has 2 unspecified atom stereocenters. The Morgan fingerprint density at radius 1 is 1.19 bits per heavy atom. The molecule has 148 valence electrons. The summed E-state index contributed by atoms with van der Waals surface area (Å²) in [4.78, 5) is 17.4. The van der Waals surface area contributed by atoms with E-state index in [2.05, 4.69) is 27.2 Å². The monoisotopic (exact) mass is 373 g/mol. The molecule has 1 aromatic rings. The number of ether oxygens (including phenoxy) is 2. The second-order valence-corrected chi connectivity index (χ2v) is 7.91. The quantitative estimate of drug-likeness (QED) is 0.850. The number of likely N-dealkylation sites (tertiary alicyclic amines) is 1. The van der Waals surface area contributed by atoms with Crippen LogP contribution in [-0.2, 0) is 16.0 Å². The lowest BCUT2D eigenvalue weighted by atomic mass is 9.98. The van der Waals surface area contributed by atoms with Gasteiger partial charge in [0.2, 0.25) is 5.91 Å². The van der Waals surface area contributed by atoms with E-state index in [0.29, 0.717) is 18.5 Å². The average molecular weight is 373 g/mol. The standard InChI is InChI=1S/C21H31N3O3/c1-26-19-6-4-16(5-7-19)13-17-3-2-8-24(17)20-14-18(15-21(25)22-20)23-9-11-27-12-10-23/h4-7,17-18,20H,2-3,8-15H2,1H3,(H,22,25)/t17-,18?,20?/m1/s1. The molecule has 3 heterocycles. The van der Waals surface area contributed by atoms with Crippen LogP contribution in [0.3, 0.4) is 0 Å². The van der Waals surface area contributed by atoms with Crippen LogP contribution in [-0.4, -0.2) is 73.9 Å². The minimum Gasteiger partial charge on any atom is -0.497 e. The molecule has 6 nitrogen and oxygen atoms in total. The smallest absolute Gasteiger partial charge is 0.222 e. The van der Waals surface area contributed by atoms with Gasteiger partial charge in [0.1, 0.15) is 5.75 Å². The topological polar surface area (TPSA) is 54.0 Å². The predicted molar refractivity (Wildman–Crippen MR) is 104 cm³/mol. The van der Waals surface area contributed by atoms with Crippen LogP contribution in [0.5, 0.6) is 5.75 Å². The summed E-state index contributed by atoms with van der Waals surface area (Å²) in [6.45, 7) is 4.53. The van der Waals surface area contributed by atoms with Gasteiger partial charge in [0, 0.05) is 38.1 Å². The van der Waals surface area contributed by atoms with Crippen molar-refractivity contribution in [3.05, 3.63) is 29.8 Å². The van der Waals surface area contributed by atoms with Gasteiger partial charge in [-0.1, -0.05) is 12.1 Å². The molecule has 0 bridgehead atoms. The van der Waals surface area contributed by atoms with E-state index in [4.69, 9.17) is 9.47 Å². The van der Waals surface area contributed by atoms with Gasteiger partial charge in [-0.3, -0.25) is 14.6 Å². The van der Waals surface area contributed by atoms with Gasteiger partial charge in [0.25, 0.3) is 0 Å². The number of carbonyl (C=O) groups is 1. The Hall–Kier alpha value is -1.63. The second-order valence-electron chi connectivity index (χ2n) is 7.91. The highest BCUT2D eigenvalue weighted by molar-refractivity contribution is 5.77. The van der Waals surface area contributed by atoms with Gasteiger partial charge in [0.15, 0.2) is 0 Å². The molecule has 1 amide bonds. The van der Waals surface area contributed by atoms with Crippen molar-refractivity contribution in [2.75, 3.05) is 40.0 Å². The van der Waals surface area contributed by atoms with Gasteiger partial charge < -0.3 is 14.8 Å². The number of morpholine rings is 1. The van der Waals surface area contributed by atoms with Crippen molar-refractivity contribution < 1.29 is 14.3 Å². The van der Waals surface area contributed by atoms with Gasteiger partial charge in [0.05, 0.1) is 26.5 Å². The third-order valence-corrected chi connectivity index (χ3v) is 6.26. The van der Waals surface area contributed by atoms with Gasteiger partial charge >= 0.3 is 0 Å². The number of nitrogens with one attached hydrogen (secondary N) is 1. The van der Waals surface area contributed by atoms with Crippen LogP contribution in [0.4, 0.5) is 0 Å². The van der Waals surface area contributed by atoms with Crippen molar-refractivity contribution in [2.24, 2.45) is 0 Å². The fourth-order valence-electron chi connectivity index (χ4n) is 4.82. The molecule has 3 aliphatic rings. The lowest BCUT2D eigenvalue weighted by molar-refractivity contribution is -0.129. The molecule has 3 aliphatic heterocycles. The normalized spacial score (nSPS) is 30.3. The Kier molecular flexibility index (Phi) is 5.95. The largest absolute Gasteiger partial charge is 0.497 e. The van der Waals surface area contributed by atoms with Gasteiger partial charge in [-0.2, -0.15) is 0 Å². The average Bonchev–Trinajstić information content (AvgIpc) is 3.17. The van der Waals surface area contributed by atoms with Crippen molar-refractivity contribution >= 4 is 5.91 Å². The molecule has 1 N–H and O–H groups in total. The molecule has 4 rings (SSSR count). The summed E-state index contributed by atoms with van der Waals surface area (Å²) >= 11 is 0. The maximum Gasteiger partial charge on any atom is 0.222 e. The van der Waals surface area contributed by atoms with E-state index in [1.165, 1.54) is 18.4 Å². The number of hydrogen-bond donors (Lipinski definition) is 1. The molecule has 3 atom stereocenters. The molecular formula is C21H31N3O3. The van der Waals surface area contributed by atoms with Crippen LogP contribution in [0.25, 0.3) is 0 Å². The zero-order chi connectivity index (χ0) is 18.6.